The molecule has 0 saturated carbocycles. The summed E-state index contributed by atoms with van der Waals surface area (Å²) in [5.74, 6) is -0.927. The monoisotopic (exact) mass is 317 g/mol. The van der Waals surface area contributed by atoms with Crippen molar-refractivity contribution < 1.29 is 14.7 Å². The van der Waals surface area contributed by atoms with Gasteiger partial charge in [-0.25, -0.2) is 0 Å². The lowest BCUT2D eigenvalue weighted by atomic mass is 9.83. The summed E-state index contributed by atoms with van der Waals surface area (Å²) < 4.78 is 0.566. The fraction of sp³-hybridized carbons (Fsp3) is 0. The third-order valence-electron chi connectivity index (χ3n) is 3.18. The van der Waals surface area contributed by atoms with Crippen LogP contribution in [0, 0.1) is 0 Å². The highest BCUT2D eigenvalue weighted by atomic mass is 79.9. The summed E-state index contributed by atoms with van der Waals surface area (Å²) in [5, 5.41) is 9.78. The van der Waals surface area contributed by atoms with Crippen LogP contribution in [0.1, 0.15) is 31.8 Å². The number of fused-ring (bicyclic) bond motifs is 2. The van der Waals surface area contributed by atoms with Gasteiger partial charge in [0.05, 0.1) is 16.8 Å². The minimum atomic E-state index is -0.387. The van der Waals surface area contributed by atoms with Gasteiger partial charge in [-0.05, 0) is 34.1 Å². The van der Waals surface area contributed by atoms with Gasteiger partial charge in [0.25, 0.3) is 0 Å². The highest BCUT2D eigenvalue weighted by Crippen LogP contribution is 2.37. The fourth-order valence-electron chi connectivity index (χ4n) is 2.27. The number of hydrogen-bond acceptors (Lipinski definition) is 4. The van der Waals surface area contributed by atoms with Crippen molar-refractivity contribution in [3.05, 3.63) is 57.1 Å². The molecule has 1 aliphatic rings. The van der Waals surface area contributed by atoms with Gasteiger partial charge in [0, 0.05) is 15.6 Å². The maximum Gasteiger partial charge on any atom is 0.198 e. The van der Waals surface area contributed by atoms with Crippen molar-refractivity contribution in [3.63, 3.8) is 0 Å². The van der Waals surface area contributed by atoms with Crippen molar-refractivity contribution in [1.82, 2.24) is 0 Å². The van der Waals surface area contributed by atoms with Gasteiger partial charge in [0.2, 0.25) is 0 Å². The lowest BCUT2D eigenvalue weighted by Gasteiger charge is -2.20. The average Bonchev–Trinajstić information content (AvgIpc) is 2.39. The van der Waals surface area contributed by atoms with E-state index in [4.69, 9.17) is 5.73 Å². The Balaban J connectivity index is 2.40. The van der Waals surface area contributed by atoms with Crippen LogP contribution >= 0.6 is 15.9 Å². The second kappa shape index (κ2) is 3.93. The molecule has 0 fully saturated rings. The Hall–Kier alpha value is -2.14. The van der Waals surface area contributed by atoms with Gasteiger partial charge in [-0.1, -0.05) is 12.1 Å². The van der Waals surface area contributed by atoms with Crippen molar-refractivity contribution >= 4 is 33.2 Å². The Morgan fingerprint density at radius 3 is 2.32 bits per heavy atom. The van der Waals surface area contributed by atoms with E-state index in [1.165, 1.54) is 24.3 Å². The third kappa shape index (κ3) is 1.51. The predicted molar refractivity (Wildman–Crippen MR) is 73.5 cm³/mol. The molecule has 2 aromatic rings. The molecule has 0 heterocycles. The van der Waals surface area contributed by atoms with E-state index in [1.807, 2.05) is 0 Å². The number of carbonyl (C=O) groups excluding carboxylic acids is 2. The zero-order valence-corrected chi connectivity index (χ0v) is 11.2. The van der Waals surface area contributed by atoms with Crippen molar-refractivity contribution in [3.8, 4) is 5.75 Å². The Morgan fingerprint density at radius 2 is 1.58 bits per heavy atom. The molecule has 0 unspecified atom stereocenters. The molecule has 2 aromatic carbocycles. The molecule has 0 aliphatic heterocycles. The first kappa shape index (κ1) is 11.9. The van der Waals surface area contributed by atoms with Crippen LogP contribution in [0.2, 0.25) is 0 Å². The maximum atomic E-state index is 12.4. The minimum Gasteiger partial charge on any atom is -0.507 e. The summed E-state index contributed by atoms with van der Waals surface area (Å²) in [6.07, 6.45) is 0. The maximum absolute atomic E-state index is 12.4. The molecule has 3 N–H and O–H groups in total. The van der Waals surface area contributed by atoms with Crippen LogP contribution in [0.5, 0.6) is 5.75 Å². The van der Waals surface area contributed by atoms with Crippen molar-refractivity contribution in [2.24, 2.45) is 0 Å². The van der Waals surface area contributed by atoms with Crippen LogP contribution in [-0.4, -0.2) is 16.7 Å². The van der Waals surface area contributed by atoms with Crippen LogP contribution in [0.15, 0.2) is 34.8 Å². The summed E-state index contributed by atoms with van der Waals surface area (Å²) in [6.45, 7) is 0. The smallest absolute Gasteiger partial charge is 0.198 e. The lowest BCUT2D eigenvalue weighted by Crippen LogP contribution is -2.22. The first-order chi connectivity index (χ1) is 9.02. The molecule has 0 radical (unpaired) electrons. The summed E-state index contributed by atoms with van der Waals surface area (Å²) >= 11 is 3.24. The van der Waals surface area contributed by atoms with Crippen LogP contribution in [0.4, 0.5) is 5.69 Å². The molecule has 94 valence electrons. The normalized spacial score (nSPS) is 13.1. The van der Waals surface area contributed by atoms with Gasteiger partial charge in [-0.2, -0.15) is 0 Å². The predicted octanol–water partition coefficient (Wildman–Crippen LogP) is 2.51. The van der Waals surface area contributed by atoms with E-state index in [1.54, 1.807) is 6.07 Å². The summed E-state index contributed by atoms with van der Waals surface area (Å²) in [4.78, 5) is 24.8. The van der Waals surface area contributed by atoms with Gasteiger partial charge in [-0.15, -0.1) is 0 Å². The van der Waals surface area contributed by atoms with Crippen LogP contribution in [0.25, 0.3) is 0 Å². The molecular formula is C14H8BrNO3. The second-order valence-corrected chi connectivity index (χ2v) is 5.10. The molecule has 0 aromatic heterocycles. The molecule has 4 nitrogen and oxygen atoms in total. The van der Waals surface area contributed by atoms with E-state index < -0.39 is 0 Å². The molecule has 0 atom stereocenters. The topological polar surface area (TPSA) is 80.4 Å². The molecular weight excluding hydrogens is 310 g/mol. The molecule has 5 heteroatoms. The number of ketones is 2. The fourth-order valence-corrected chi connectivity index (χ4v) is 2.60. The summed E-state index contributed by atoms with van der Waals surface area (Å²) in [5.41, 5.74) is 6.75. The van der Waals surface area contributed by atoms with E-state index in [9.17, 15) is 14.7 Å². The third-order valence-corrected chi connectivity index (χ3v) is 3.87. The number of hydrogen-bond donors (Lipinski definition) is 2. The zero-order valence-electron chi connectivity index (χ0n) is 9.61. The number of phenolic OH excluding ortho intramolecular Hbond substituents is 1. The van der Waals surface area contributed by atoms with Crippen LogP contribution in [0.3, 0.4) is 0 Å². The first-order valence-corrected chi connectivity index (χ1v) is 6.31. The number of carbonyl (C=O) groups is 2. The highest BCUT2D eigenvalue weighted by Gasteiger charge is 2.33. The molecule has 3 rings (SSSR count). The lowest BCUT2D eigenvalue weighted by molar-refractivity contribution is 0.0977. The Morgan fingerprint density at radius 1 is 0.947 bits per heavy atom. The van der Waals surface area contributed by atoms with Crippen molar-refractivity contribution in [1.29, 1.82) is 0 Å². The number of halogens is 1. The largest absolute Gasteiger partial charge is 0.507 e. The number of rotatable bonds is 0. The number of benzene rings is 2. The van der Waals surface area contributed by atoms with Gasteiger partial charge in [0.15, 0.2) is 11.6 Å². The SMILES string of the molecule is Nc1c(Br)ccc2c1C(=O)c1cccc(O)c1C2=O. The minimum absolute atomic E-state index is 0.0433. The van der Waals surface area contributed by atoms with Crippen LogP contribution < -0.4 is 5.73 Å². The molecule has 19 heavy (non-hydrogen) atoms. The number of aromatic hydroxyl groups is 1. The standard InChI is InChI=1S/C14H8BrNO3/c15-8-5-4-7-11(12(8)16)14(19)6-2-1-3-9(17)10(6)13(7)18/h1-5,17H,16H2. The molecule has 0 saturated heterocycles. The van der Waals surface area contributed by atoms with Gasteiger partial charge in [-0.3, -0.25) is 9.59 Å². The van der Waals surface area contributed by atoms with Gasteiger partial charge in [0.1, 0.15) is 5.75 Å². The van der Waals surface area contributed by atoms with Crippen LogP contribution in [-0.2, 0) is 0 Å². The van der Waals surface area contributed by atoms with E-state index in [2.05, 4.69) is 15.9 Å². The number of anilines is 1. The molecule has 0 amide bonds. The summed E-state index contributed by atoms with van der Waals surface area (Å²) in [6, 6.07) is 7.57. The molecule has 0 spiro atoms. The van der Waals surface area contributed by atoms with Gasteiger partial charge < -0.3 is 10.8 Å². The van der Waals surface area contributed by atoms with Gasteiger partial charge >= 0.3 is 0 Å². The van der Waals surface area contributed by atoms with Crippen molar-refractivity contribution in [2.45, 2.75) is 0 Å². The Kier molecular flexibility index (Phi) is 2.46. The first-order valence-electron chi connectivity index (χ1n) is 5.51. The van der Waals surface area contributed by atoms with E-state index in [0.29, 0.717) is 4.47 Å². The number of phenols is 1. The zero-order chi connectivity index (χ0) is 13.7. The number of nitrogens with two attached hydrogens (primary N) is 1. The van der Waals surface area contributed by atoms with Crippen molar-refractivity contribution in [2.75, 3.05) is 5.73 Å². The summed E-state index contributed by atoms with van der Waals surface area (Å²) in [7, 11) is 0. The Labute approximate surface area is 117 Å². The quantitative estimate of drug-likeness (QED) is 0.624. The number of nitrogen functional groups attached to an aromatic ring is 1. The Bertz CT molecular complexity index is 753. The van der Waals surface area contributed by atoms with E-state index >= 15 is 0 Å². The average molecular weight is 318 g/mol. The van der Waals surface area contributed by atoms with E-state index in [0.717, 1.165) is 0 Å². The molecule has 0 bridgehead atoms. The second-order valence-electron chi connectivity index (χ2n) is 4.24. The highest BCUT2D eigenvalue weighted by molar-refractivity contribution is 9.10. The van der Waals surface area contributed by atoms with E-state index in [-0.39, 0.29) is 45.3 Å². The molecule has 1 aliphatic carbocycles.